The summed E-state index contributed by atoms with van der Waals surface area (Å²) in [5.41, 5.74) is -0.968. The van der Waals surface area contributed by atoms with Gasteiger partial charge in [-0.2, -0.15) is 0 Å². The Morgan fingerprint density at radius 3 is 0.955 bits per heavy atom. The van der Waals surface area contributed by atoms with Crippen molar-refractivity contribution in [1.82, 2.24) is 6.15 Å². The SMILES string of the molecule is N.O=[N+]([O-])[O-].O=[N+]([O-])[O-].O=[N+]([O-])c1ccccc1[N+](=O)[O-].[Pt+2]. The van der Waals surface area contributed by atoms with Gasteiger partial charge in [-0.3, -0.25) is 20.2 Å². The van der Waals surface area contributed by atoms with Crippen molar-refractivity contribution in [3.8, 4) is 0 Å². The molecule has 16 heteroatoms. The Kier molecular flexibility index (Phi) is 18.0. The topological polar surface area (TPSA) is 254 Å². The molecule has 22 heavy (non-hydrogen) atoms. The molecule has 0 bridgehead atoms. The molecular weight excluding hydrogens is 497 g/mol. The Balaban J connectivity index is -0.000000138. The number of nitro groups is 2. The molecule has 0 aliphatic heterocycles. The van der Waals surface area contributed by atoms with Crippen LogP contribution in [-0.2, 0) is 21.1 Å². The molecule has 0 aliphatic carbocycles. The molecule has 0 heterocycles. The van der Waals surface area contributed by atoms with Crippen LogP contribution < -0.4 is 6.15 Å². The summed E-state index contributed by atoms with van der Waals surface area (Å²) in [4.78, 5) is 35.4. The minimum Gasteiger partial charge on any atom is -0.356 e. The van der Waals surface area contributed by atoms with Gasteiger partial charge < -0.3 is 36.8 Å². The molecule has 1 aromatic rings. The predicted octanol–water partition coefficient (Wildman–Crippen LogP) is 1.18. The Labute approximate surface area is 134 Å². The van der Waals surface area contributed by atoms with Crippen LogP contribution in [0.4, 0.5) is 11.4 Å². The third-order valence-corrected chi connectivity index (χ3v) is 1.28. The van der Waals surface area contributed by atoms with E-state index in [0.717, 1.165) is 12.1 Å². The molecule has 1 aromatic carbocycles. The van der Waals surface area contributed by atoms with Gasteiger partial charge in [0.1, 0.15) is 0 Å². The number of para-hydroxylation sites is 2. The molecule has 0 radical (unpaired) electrons. The van der Waals surface area contributed by atoms with E-state index in [9.17, 15) is 20.2 Å². The number of hydrogen-bond donors (Lipinski definition) is 1. The van der Waals surface area contributed by atoms with Gasteiger partial charge in [0.05, 0.1) is 20.0 Å². The Bertz CT molecular complexity index is 457. The summed E-state index contributed by atoms with van der Waals surface area (Å²) in [5, 5.41) is 50.0. The van der Waals surface area contributed by atoms with Crippen molar-refractivity contribution in [2.45, 2.75) is 0 Å². The summed E-state index contributed by atoms with van der Waals surface area (Å²) in [5.74, 6) is 0. The first-order valence-corrected chi connectivity index (χ1v) is 4.10. The van der Waals surface area contributed by atoms with Crippen LogP contribution in [0.1, 0.15) is 0 Å². The summed E-state index contributed by atoms with van der Waals surface area (Å²) in [7, 11) is 0. The fourth-order valence-corrected chi connectivity index (χ4v) is 0.773. The number of hydrogen-bond acceptors (Lipinski definition) is 11. The van der Waals surface area contributed by atoms with Crippen molar-refractivity contribution >= 4 is 11.4 Å². The quantitative estimate of drug-likeness (QED) is 0.442. The van der Waals surface area contributed by atoms with Gasteiger partial charge in [0.2, 0.25) is 0 Å². The van der Waals surface area contributed by atoms with Gasteiger partial charge in [-0.05, 0) is 0 Å². The molecule has 15 nitrogen and oxygen atoms in total. The van der Waals surface area contributed by atoms with Gasteiger partial charge in [-0.25, -0.2) is 0 Å². The van der Waals surface area contributed by atoms with Crippen molar-refractivity contribution < 1.29 is 41.1 Å². The first kappa shape index (κ1) is 27.4. The van der Waals surface area contributed by atoms with Crippen molar-refractivity contribution in [1.29, 1.82) is 0 Å². The Hall–Kier alpha value is -2.93. The second-order valence-electron chi connectivity index (χ2n) is 2.45. The third-order valence-electron chi connectivity index (χ3n) is 1.28. The van der Waals surface area contributed by atoms with E-state index in [2.05, 4.69) is 0 Å². The van der Waals surface area contributed by atoms with Crippen LogP contribution >= 0.6 is 0 Å². The molecule has 3 N–H and O–H groups in total. The maximum absolute atomic E-state index is 10.2. The van der Waals surface area contributed by atoms with Crippen LogP contribution in [0.15, 0.2) is 24.3 Å². The maximum Gasteiger partial charge on any atom is 2.00 e. The van der Waals surface area contributed by atoms with Gasteiger partial charge >= 0.3 is 32.4 Å². The van der Waals surface area contributed by atoms with E-state index in [4.69, 9.17) is 30.6 Å². The van der Waals surface area contributed by atoms with Crippen molar-refractivity contribution in [2.24, 2.45) is 0 Å². The minimum absolute atomic E-state index is 0. The Morgan fingerprint density at radius 1 is 0.636 bits per heavy atom. The normalized spacial score (nSPS) is 7.27. The van der Waals surface area contributed by atoms with Gasteiger partial charge in [0.15, 0.2) is 0 Å². The second-order valence-corrected chi connectivity index (χ2v) is 2.45. The number of nitrogens with zero attached hydrogens (tertiary/aromatic N) is 4. The van der Waals surface area contributed by atoms with Gasteiger partial charge in [-0.15, -0.1) is 0 Å². The van der Waals surface area contributed by atoms with E-state index in [0.29, 0.717) is 0 Å². The summed E-state index contributed by atoms with van der Waals surface area (Å²) in [6.45, 7) is 0. The molecule has 0 fully saturated rings. The van der Waals surface area contributed by atoms with Crippen LogP contribution in [0.2, 0.25) is 0 Å². The average Bonchev–Trinajstić information content (AvgIpc) is 2.27. The molecule has 0 atom stereocenters. The summed E-state index contributed by atoms with van der Waals surface area (Å²) < 4.78 is 0. The van der Waals surface area contributed by atoms with E-state index in [-0.39, 0.29) is 27.2 Å². The molecule has 1 rings (SSSR count). The maximum atomic E-state index is 10.2. The molecule has 0 spiro atoms. The monoisotopic (exact) mass is 504 g/mol. The van der Waals surface area contributed by atoms with E-state index >= 15 is 0 Å². The van der Waals surface area contributed by atoms with Crippen LogP contribution in [0.5, 0.6) is 0 Å². The van der Waals surface area contributed by atoms with Gasteiger partial charge in [-0.1, -0.05) is 12.1 Å². The van der Waals surface area contributed by atoms with Crippen molar-refractivity contribution in [3.05, 3.63) is 75.1 Å². The Morgan fingerprint density at radius 2 is 0.818 bits per heavy atom. The number of benzene rings is 1. The van der Waals surface area contributed by atoms with Crippen LogP contribution in [0.3, 0.4) is 0 Å². The molecule has 0 aromatic heterocycles. The zero-order valence-corrected chi connectivity index (χ0v) is 12.5. The van der Waals surface area contributed by atoms with Crippen LogP contribution in [0.25, 0.3) is 0 Å². The molecule has 0 saturated carbocycles. The number of nitro benzene ring substituents is 2. The molecule has 0 aliphatic rings. The van der Waals surface area contributed by atoms with Crippen molar-refractivity contribution in [3.63, 3.8) is 0 Å². The molecule has 0 amide bonds. The van der Waals surface area contributed by atoms with E-state index < -0.39 is 31.4 Å². The third kappa shape index (κ3) is 17.1. The smallest absolute Gasteiger partial charge is 0.356 e. The molecule has 0 unspecified atom stereocenters. The largest absolute Gasteiger partial charge is 2.00 e. The minimum atomic E-state index is -1.75. The van der Waals surface area contributed by atoms with Crippen molar-refractivity contribution in [2.75, 3.05) is 0 Å². The average molecular weight is 504 g/mol. The van der Waals surface area contributed by atoms with Crippen LogP contribution in [-0.4, -0.2) is 20.0 Å². The zero-order chi connectivity index (χ0) is 16.3. The van der Waals surface area contributed by atoms with Gasteiger partial charge in [0, 0.05) is 12.1 Å². The summed E-state index contributed by atoms with van der Waals surface area (Å²) >= 11 is 0. The first-order chi connectivity index (χ1) is 9.09. The van der Waals surface area contributed by atoms with Crippen LogP contribution in [0, 0.1) is 50.9 Å². The molecular formula is C6H7N5O10Pt. The fourth-order valence-electron chi connectivity index (χ4n) is 0.773. The summed E-state index contributed by atoms with van der Waals surface area (Å²) in [6, 6.07) is 4.95. The first-order valence-electron chi connectivity index (χ1n) is 4.10. The van der Waals surface area contributed by atoms with E-state index in [1.54, 1.807) is 0 Å². The molecule has 126 valence electrons. The second kappa shape index (κ2) is 14.5. The van der Waals surface area contributed by atoms with E-state index in [1.165, 1.54) is 12.1 Å². The standard InChI is InChI=1S/C6H4N2O4.2NO3.H3N.Pt/c9-7(10)5-3-1-2-4-6(5)8(11)12;2*2-1(3)4;;/h1-4H;;;1H3;/q;2*-1;;+2. The predicted molar refractivity (Wildman–Crippen MR) is 65.5 cm³/mol. The zero-order valence-electron chi connectivity index (χ0n) is 10.2. The van der Waals surface area contributed by atoms with E-state index in [1.807, 2.05) is 0 Å². The summed E-state index contributed by atoms with van der Waals surface area (Å²) in [6.07, 6.45) is 0. The number of rotatable bonds is 2. The fraction of sp³-hybridized carbons (Fsp3) is 0. The van der Waals surface area contributed by atoms with Gasteiger partial charge in [0.25, 0.3) is 0 Å². The molecule has 0 saturated heterocycles.